The van der Waals surface area contributed by atoms with Crippen molar-refractivity contribution in [2.24, 2.45) is 11.8 Å². The Balaban J connectivity index is 1.79. The van der Waals surface area contributed by atoms with E-state index in [1.165, 1.54) is 11.8 Å². The molecule has 1 heterocycles. The summed E-state index contributed by atoms with van der Waals surface area (Å²) in [6.07, 6.45) is 3.66. The largest absolute Gasteiger partial charge is 0.431 e. The van der Waals surface area contributed by atoms with Crippen LogP contribution in [-0.2, 0) is 4.79 Å². The molecular weight excluding hydrogens is 366 g/mol. The summed E-state index contributed by atoms with van der Waals surface area (Å²) < 4.78 is 6.05. The molecule has 0 spiro atoms. The van der Waals surface area contributed by atoms with Crippen LogP contribution in [0.25, 0.3) is 22.6 Å². The minimum atomic E-state index is 0.0678. The molecule has 0 aliphatic carbocycles. The molecule has 3 nitrogen and oxygen atoms in total. The molecule has 0 amide bonds. The maximum Gasteiger partial charge on any atom is 0.257 e. The van der Waals surface area contributed by atoms with Crippen molar-refractivity contribution >= 4 is 17.5 Å². The minimum absolute atomic E-state index is 0.0678. The van der Waals surface area contributed by atoms with Gasteiger partial charge in [-0.2, -0.15) is 0 Å². The van der Waals surface area contributed by atoms with Crippen LogP contribution in [0.4, 0.5) is 0 Å². The van der Waals surface area contributed by atoms with E-state index in [9.17, 15) is 4.79 Å². The number of ketones is 1. The summed E-state index contributed by atoms with van der Waals surface area (Å²) in [7, 11) is 0. The Morgan fingerprint density at radius 3 is 2.21 bits per heavy atom. The molecule has 3 rings (SSSR count). The second kappa shape index (κ2) is 9.56. The lowest BCUT2D eigenvalue weighted by atomic mass is 9.97. The maximum absolute atomic E-state index is 12.2. The molecular formula is C24H25NO2S. The molecule has 1 atom stereocenters. The van der Waals surface area contributed by atoms with Crippen molar-refractivity contribution in [2.75, 3.05) is 5.75 Å². The lowest BCUT2D eigenvalue weighted by molar-refractivity contribution is -0.112. The molecule has 4 heteroatoms. The summed E-state index contributed by atoms with van der Waals surface area (Å²) in [5, 5.41) is 0.511. The van der Waals surface area contributed by atoms with Gasteiger partial charge in [-0.15, -0.1) is 0 Å². The number of oxazole rings is 1. The van der Waals surface area contributed by atoms with Gasteiger partial charge in [0.2, 0.25) is 0 Å². The third kappa shape index (κ3) is 5.23. The summed E-state index contributed by atoms with van der Waals surface area (Å²) >= 11 is 1.33. The van der Waals surface area contributed by atoms with E-state index in [-0.39, 0.29) is 5.78 Å². The topological polar surface area (TPSA) is 43.1 Å². The van der Waals surface area contributed by atoms with Crippen LogP contribution in [0.3, 0.4) is 0 Å². The van der Waals surface area contributed by atoms with Gasteiger partial charge in [0, 0.05) is 11.1 Å². The fourth-order valence-corrected chi connectivity index (χ4v) is 3.26. The van der Waals surface area contributed by atoms with E-state index in [1.54, 1.807) is 6.08 Å². The molecule has 28 heavy (non-hydrogen) atoms. The number of benzene rings is 2. The zero-order valence-electron chi connectivity index (χ0n) is 16.5. The smallest absolute Gasteiger partial charge is 0.257 e. The van der Waals surface area contributed by atoms with Gasteiger partial charge in [-0.05, 0) is 17.9 Å². The summed E-state index contributed by atoms with van der Waals surface area (Å²) in [5.74, 6) is 2.00. The minimum Gasteiger partial charge on any atom is -0.431 e. The monoisotopic (exact) mass is 391 g/mol. The second-order valence-corrected chi connectivity index (χ2v) is 8.03. The molecule has 144 valence electrons. The number of hydrogen-bond donors (Lipinski definition) is 0. The fourth-order valence-electron chi connectivity index (χ4n) is 2.60. The molecule has 1 unspecified atom stereocenters. The summed E-state index contributed by atoms with van der Waals surface area (Å²) in [6, 6.07) is 19.9. The number of aromatic nitrogens is 1. The first-order valence-electron chi connectivity index (χ1n) is 9.50. The van der Waals surface area contributed by atoms with Gasteiger partial charge >= 0.3 is 0 Å². The Bertz CT molecular complexity index is 873. The number of carbonyl (C=O) groups is 1. The number of nitrogens with zero attached hydrogens (tertiary/aromatic N) is 1. The highest BCUT2D eigenvalue weighted by atomic mass is 32.2. The highest BCUT2D eigenvalue weighted by Gasteiger charge is 2.17. The number of rotatable bonds is 8. The van der Waals surface area contributed by atoms with Crippen molar-refractivity contribution < 1.29 is 9.21 Å². The maximum atomic E-state index is 12.2. The van der Waals surface area contributed by atoms with Crippen LogP contribution >= 0.6 is 11.8 Å². The van der Waals surface area contributed by atoms with Crippen molar-refractivity contribution in [2.45, 2.75) is 26.0 Å². The quantitative estimate of drug-likeness (QED) is 0.324. The fraction of sp³-hybridized carbons (Fsp3) is 0.250. The number of hydrogen-bond acceptors (Lipinski definition) is 4. The second-order valence-electron chi connectivity index (χ2n) is 7.11. The zero-order valence-corrected chi connectivity index (χ0v) is 17.3. The van der Waals surface area contributed by atoms with Crippen LogP contribution in [0.2, 0.25) is 0 Å². The number of thioether (sulfide) groups is 1. The molecule has 1 aromatic heterocycles. The van der Waals surface area contributed by atoms with Gasteiger partial charge in [-0.1, -0.05) is 99.3 Å². The van der Waals surface area contributed by atoms with Gasteiger partial charge in [0.15, 0.2) is 11.5 Å². The highest BCUT2D eigenvalue weighted by molar-refractivity contribution is 7.99. The first kappa shape index (κ1) is 20.2. The van der Waals surface area contributed by atoms with E-state index in [4.69, 9.17) is 4.42 Å². The summed E-state index contributed by atoms with van der Waals surface area (Å²) in [4.78, 5) is 16.9. The van der Waals surface area contributed by atoms with Gasteiger partial charge in [-0.3, -0.25) is 4.79 Å². The number of allylic oxidation sites excluding steroid dienone is 2. The van der Waals surface area contributed by atoms with Gasteiger partial charge < -0.3 is 4.42 Å². The van der Waals surface area contributed by atoms with Crippen LogP contribution in [-0.4, -0.2) is 16.5 Å². The number of carbonyl (C=O) groups excluding carboxylic acids is 1. The molecule has 2 aromatic carbocycles. The molecule has 3 aromatic rings. The van der Waals surface area contributed by atoms with Crippen LogP contribution in [0, 0.1) is 11.8 Å². The predicted molar refractivity (Wildman–Crippen MR) is 116 cm³/mol. The summed E-state index contributed by atoms with van der Waals surface area (Å²) in [6.45, 7) is 6.42. The first-order chi connectivity index (χ1) is 13.5. The predicted octanol–water partition coefficient (Wildman–Crippen LogP) is 6.52. The third-order valence-electron chi connectivity index (χ3n) is 4.67. The molecule has 0 bridgehead atoms. The van der Waals surface area contributed by atoms with Gasteiger partial charge in [0.1, 0.15) is 5.69 Å². The molecule has 0 aliphatic rings. The Morgan fingerprint density at radius 1 is 1.00 bits per heavy atom. The van der Waals surface area contributed by atoms with Gasteiger partial charge in [0.05, 0.1) is 5.75 Å². The third-order valence-corrected chi connectivity index (χ3v) is 5.52. The lowest BCUT2D eigenvalue weighted by Crippen LogP contribution is -2.02. The molecule has 0 saturated heterocycles. The van der Waals surface area contributed by atoms with Crippen molar-refractivity contribution in [3.63, 3.8) is 0 Å². The Hall–Kier alpha value is -2.59. The van der Waals surface area contributed by atoms with Crippen LogP contribution in [0.15, 0.2) is 82.5 Å². The van der Waals surface area contributed by atoms with E-state index >= 15 is 0 Å². The van der Waals surface area contributed by atoms with Crippen molar-refractivity contribution in [1.82, 2.24) is 4.98 Å². The molecule has 0 saturated carbocycles. The Kier molecular flexibility index (Phi) is 6.88. The average Bonchev–Trinajstić information content (AvgIpc) is 3.16. The van der Waals surface area contributed by atoms with E-state index in [1.807, 2.05) is 66.7 Å². The van der Waals surface area contributed by atoms with Gasteiger partial charge in [-0.25, -0.2) is 4.98 Å². The standard InChI is InChI=1S/C24H25NO2S/c1-17(2)18(3)14-15-21(26)16-28-24-25-22(19-10-6-4-7-11-19)23(27-24)20-12-8-5-9-13-20/h4-15,17-18H,16H2,1-3H3/b15-14+. The van der Waals surface area contributed by atoms with Crippen LogP contribution in [0.5, 0.6) is 0 Å². The Labute approximate surface area is 170 Å². The molecule has 0 radical (unpaired) electrons. The van der Waals surface area contributed by atoms with Crippen LogP contribution in [0.1, 0.15) is 20.8 Å². The lowest BCUT2D eigenvalue weighted by Gasteiger charge is -2.08. The highest BCUT2D eigenvalue weighted by Crippen LogP contribution is 2.35. The summed E-state index contributed by atoms with van der Waals surface area (Å²) in [5.41, 5.74) is 2.76. The van der Waals surface area contributed by atoms with E-state index in [2.05, 4.69) is 25.8 Å². The van der Waals surface area contributed by atoms with Crippen molar-refractivity contribution in [1.29, 1.82) is 0 Å². The zero-order chi connectivity index (χ0) is 19.9. The van der Waals surface area contributed by atoms with Crippen LogP contribution < -0.4 is 0 Å². The first-order valence-corrected chi connectivity index (χ1v) is 10.5. The van der Waals surface area contributed by atoms with Gasteiger partial charge in [0.25, 0.3) is 5.22 Å². The van der Waals surface area contributed by atoms with E-state index < -0.39 is 0 Å². The molecule has 0 N–H and O–H groups in total. The SMILES string of the molecule is CC(C)C(C)/C=C/C(=O)CSc1nc(-c2ccccc2)c(-c2ccccc2)o1. The van der Waals surface area contributed by atoms with E-state index in [0.717, 1.165) is 22.6 Å². The Morgan fingerprint density at radius 2 is 1.61 bits per heavy atom. The van der Waals surface area contributed by atoms with Crippen molar-refractivity contribution in [3.05, 3.63) is 72.8 Å². The molecule has 0 fully saturated rings. The van der Waals surface area contributed by atoms with Crippen molar-refractivity contribution in [3.8, 4) is 22.6 Å². The molecule has 0 aliphatic heterocycles. The average molecular weight is 392 g/mol. The normalized spacial score (nSPS) is 12.6. The van der Waals surface area contributed by atoms with E-state index in [0.29, 0.717) is 22.8 Å².